The van der Waals surface area contributed by atoms with Crippen LogP contribution in [-0.2, 0) is 13.6 Å². The molecule has 1 aliphatic heterocycles. The summed E-state index contributed by atoms with van der Waals surface area (Å²) >= 11 is 0. The third-order valence-electron chi connectivity index (χ3n) is 4.76. The van der Waals surface area contributed by atoms with Crippen molar-refractivity contribution in [2.75, 3.05) is 32.7 Å². The number of piperazine rings is 1. The van der Waals surface area contributed by atoms with Crippen molar-refractivity contribution in [1.82, 2.24) is 29.9 Å². The van der Waals surface area contributed by atoms with Crippen molar-refractivity contribution in [2.45, 2.75) is 46.2 Å². The Morgan fingerprint density at radius 3 is 2.40 bits per heavy atom. The molecule has 2 aliphatic rings. The normalized spacial score (nSPS) is 19.2. The topological polar surface area (TPSA) is 61.6 Å². The summed E-state index contributed by atoms with van der Waals surface area (Å²) in [5, 5.41) is 12.0. The van der Waals surface area contributed by atoms with Crippen molar-refractivity contribution >= 4 is 29.9 Å². The molecule has 0 bridgehead atoms. The lowest BCUT2D eigenvalue weighted by molar-refractivity contribution is 0.163. The standard InChI is InChI=1S/C17H31N7.HI/c1-13(2)12-23-7-9-24(10-8-23)17(19-15-5-6-15)18-11-16-21-20-14(3)22(16)4;/h13,15H,5-12H2,1-4H3,(H,18,19);1H. The Bertz CT molecular complexity index is 572. The summed E-state index contributed by atoms with van der Waals surface area (Å²) in [7, 11) is 2.00. The van der Waals surface area contributed by atoms with Crippen LogP contribution in [0.4, 0.5) is 0 Å². The van der Waals surface area contributed by atoms with Gasteiger partial charge >= 0.3 is 0 Å². The molecule has 25 heavy (non-hydrogen) atoms. The highest BCUT2D eigenvalue weighted by Crippen LogP contribution is 2.19. The minimum absolute atomic E-state index is 0. The van der Waals surface area contributed by atoms with E-state index in [0.29, 0.717) is 12.6 Å². The molecule has 8 heteroatoms. The molecule has 142 valence electrons. The van der Waals surface area contributed by atoms with E-state index in [9.17, 15) is 0 Å². The Morgan fingerprint density at radius 1 is 1.20 bits per heavy atom. The fourth-order valence-corrected chi connectivity index (χ4v) is 3.04. The second kappa shape index (κ2) is 9.16. The van der Waals surface area contributed by atoms with E-state index in [1.807, 2.05) is 18.5 Å². The predicted molar refractivity (Wildman–Crippen MR) is 111 cm³/mol. The van der Waals surface area contributed by atoms with E-state index >= 15 is 0 Å². The maximum Gasteiger partial charge on any atom is 0.194 e. The van der Waals surface area contributed by atoms with Gasteiger partial charge < -0.3 is 14.8 Å². The monoisotopic (exact) mass is 461 g/mol. The van der Waals surface area contributed by atoms with Crippen LogP contribution in [0.25, 0.3) is 0 Å². The van der Waals surface area contributed by atoms with Gasteiger partial charge in [0.15, 0.2) is 11.8 Å². The molecule has 0 unspecified atom stereocenters. The van der Waals surface area contributed by atoms with Gasteiger partial charge in [0.2, 0.25) is 0 Å². The van der Waals surface area contributed by atoms with E-state index < -0.39 is 0 Å². The number of aromatic nitrogens is 3. The molecule has 1 aromatic heterocycles. The predicted octanol–water partition coefficient (Wildman–Crippen LogP) is 1.62. The first-order chi connectivity index (χ1) is 11.5. The van der Waals surface area contributed by atoms with Gasteiger partial charge in [0.25, 0.3) is 0 Å². The fourth-order valence-electron chi connectivity index (χ4n) is 3.04. The maximum absolute atomic E-state index is 4.85. The molecule has 1 saturated heterocycles. The molecule has 1 saturated carbocycles. The van der Waals surface area contributed by atoms with E-state index in [0.717, 1.165) is 49.7 Å². The molecule has 2 fully saturated rings. The van der Waals surface area contributed by atoms with Gasteiger partial charge in [-0.25, -0.2) is 4.99 Å². The average molecular weight is 461 g/mol. The molecule has 7 nitrogen and oxygen atoms in total. The summed E-state index contributed by atoms with van der Waals surface area (Å²) in [4.78, 5) is 9.81. The van der Waals surface area contributed by atoms with Crippen molar-refractivity contribution in [2.24, 2.45) is 18.0 Å². The molecule has 0 amide bonds. The third-order valence-corrected chi connectivity index (χ3v) is 4.76. The third kappa shape index (κ3) is 5.80. The molecule has 0 atom stereocenters. The van der Waals surface area contributed by atoms with E-state index in [1.54, 1.807) is 0 Å². The molecule has 0 aromatic carbocycles. The van der Waals surface area contributed by atoms with Gasteiger partial charge in [-0.05, 0) is 25.7 Å². The molecule has 1 N–H and O–H groups in total. The first-order valence-corrected chi connectivity index (χ1v) is 9.16. The lowest BCUT2D eigenvalue weighted by atomic mass is 10.2. The summed E-state index contributed by atoms with van der Waals surface area (Å²) in [5.41, 5.74) is 0. The van der Waals surface area contributed by atoms with E-state index in [1.165, 1.54) is 19.4 Å². The molecule has 3 rings (SSSR count). The first kappa shape index (κ1) is 20.4. The number of hydrogen-bond acceptors (Lipinski definition) is 4. The summed E-state index contributed by atoms with van der Waals surface area (Å²) in [6.45, 7) is 12.6. The largest absolute Gasteiger partial charge is 0.353 e. The zero-order valence-corrected chi connectivity index (χ0v) is 18.2. The Morgan fingerprint density at radius 2 is 1.88 bits per heavy atom. The summed E-state index contributed by atoms with van der Waals surface area (Å²) in [6, 6.07) is 0.610. The van der Waals surface area contributed by atoms with Gasteiger partial charge in [0.05, 0.1) is 0 Å². The fraction of sp³-hybridized carbons (Fsp3) is 0.824. The number of nitrogens with one attached hydrogen (secondary N) is 1. The maximum atomic E-state index is 4.85. The van der Waals surface area contributed by atoms with Gasteiger partial charge in [-0.2, -0.15) is 0 Å². The number of aryl methyl sites for hydroxylation is 1. The highest BCUT2D eigenvalue weighted by molar-refractivity contribution is 14.0. The average Bonchev–Trinajstić information content (AvgIpc) is 3.31. The molecule has 0 radical (unpaired) electrons. The smallest absolute Gasteiger partial charge is 0.194 e. The van der Waals surface area contributed by atoms with Crippen molar-refractivity contribution in [3.63, 3.8) is 0 Å². The summed E-state index contributed by atoms with van der Waals surface area (Å²) in [5.74, 6) is 3.62. The van der Waals surface area contributed by atoms with Crippen LogP contribution in [-0.4, -0.2) is 69.3 Å². The number of halogens is 1. The quantitative estimate of drug-likeness (QED) is 0.411. The SMILES string of the molecule is Cc1nnc(CN=C(NC2CC2)N2CCN(CC(C)C)CC2)n1C.I. The Labute approximate surface area is 168 Å². The number of aliphatic imine (C=N–C) groups is 1. The zero-order chi connectivity index (χ0) is 17.1. The lowest BCUT2D eigenvalue weighted by Crippen LogP contribution is -2.53. The summed E-state index contributed by atoms with van der Waals surface area (Å²) < 4.78 is 2.01. The number of hydrogen-bond donors (Lipinski definition) is 1. The van der Waals surface area contributed by atoms with Crippen LogP contribution < -0.4 is 5.32 Å². The number of nitrogens with zero attached hydrogens (tertiary/aromatic N) is 6. The van der Waals surface area contributed by atoms with Gasteiger partial charge in [0, 0.05) is 45.8 Å². The number of guanidine groups is 1. The Kier molecular flexibility index (Phi) is 7.48. The molecular formula is C17H32IN7. The van der Waals surface area contributed by atoms with Crippen molar-refractivity contribution in [3.8, 4) is 0 Å². The van der Waals surface area contributed by atoms with Crippen LogP contribution in [0.1, 0.15) is 38.3 Å². The zero-order valence-electron chi connectivity index (χ0n) is 15.9. The highest BCUT2D eigenvalue weighted by Gasteiger charge is 2.27. The van der Waals surface area contributed by atoms with Crippen LogP contribution in [0, 0.1) is 12.8 Å². The van der Waals surface area contributed by atoms with Crippen LogP contribution in [0.5, 0.6) is 0 Å². The van der Waals surface area contributed by atoms with Crippen molar-refractivity contribution < 1.29 is 0 Å². The van der Waals surface area contributed by atoms with Gasteiger partial charge in [0.1, 0.15) is 12.4 Å². The molecule has 1 aromatic rings. The summed E-state index contributed by atoms with van der Waals surface area (Å²) in [6.07, 6.45) is 2.52. The van der Waals surface area contributed by atoms with Crippen molar-refractivity contribution in [1.29, 1.82) is 0 Å². The minimum atomic E-state index is 0. The van der Waals surface area contributed by atoms with Gasteiger partial charge in [-0.1, -0.05) is 13.8 Å². The van der Waals surface area contributed by atoms with Crippen LogP contribution in [0.3, 0.4) is 0 Å². The molecule has 0 spiro atoms. The minimum Gasteiger partial charge on any atom is -0.353 e. The van der Waals surface area contributed by atoms with Crippen LogP contribution >= 0.6 is 24.0 Å². The highest BCUT2D eigenvalue weighted by atomic mass is 127. The second-order valence-corrected chi connectivity index (χ2v) is 7.46. The van der Waals surface area contributed by atoms with Crippen molar-refractivity contribution in [3.05, 3.63) is 11.6 Å². The molecular weight excluding hydrogens is 429 g/mol. The van der Waals surface area contributed by atoms with Crippen LogP contribution in [0.15, 0.2) is 4.99 Å². The Balaban J connectivity index is 0.00000225. The first-order valence-electron chi connectivity index (χ1n) is 9.16. The van der Waals surface area contributed by atoms with E-state index in [-0.39, 0.29) is 24.0 Å². The van der Waals surface area contributed by atoms with E-state index in [2.05, 4.69) is 39.2 Å². The Hall–Kier alpha value is -0.900. The van der Waals surface area contributed by atoms with Gasteiger partial charge in [-0.15, -0.1) is 34.2 Å². The number of rotatable bonds is 5. The van der Waals surface area contributed by atoms with E-state index in [4.69, 9.17) is 4.99 Å². The van der Waals surface area contributed by atoms with Gasteiger partial charge in [-0.3, -0.25) is 4.90 Å². The molecule has 1 aliphatic carbocycles. The second-order valence-electron chi connectivity index (χ2n) is 7.46. The lowest BCUT2D eigenvalue weighted by Gasteiger charge is -2.37. The molecule has 2 heterocycles. The van der Waals surface area contributed by atoms with Crippen LogP contribution in [0.2, 0.25) is 0 Å².